The number of nitrogens with one attached hydrogen (secondary N) is 1. The number of carboxylic acid groups (broad SMARTS) is 1. The normalized spacial score (nSPS) is 14.4. The number of rotatable bonds is 15. The highest BCUT2D eigenvalue weighted by atomic mass is 35.5. The fourth-order valence-corrected chi connectivity index (χ4v) is 5.51. The number of hydrogen-bond donors (Lipinski definition) is 4. The maximum absolute atomic E-state index is 14.3. The van der Waals surface area contributed by atoms with E-state index in [-0.39, 0.29) is 63.9 Å². The third-order valence-electron chi connectivity index (χ3n) is 7.93. The Morgan fingerprint density at radius 1 is 0.961 bits per heavy atom. The monoisotopic (exact) mass is 723 g/mol. The highest BCUT2D eigenvalue weighted by Gasteiger charge is 2.40. The second-order valence-corrected chi connectivity index (χ2v) is 11.5. The van der Waals surface area contributed by atoms with Crippen molar-refractivity contribution in [3.63, 3.8) is 0 Å². The van der Waals surface area contributed by atoms with E-state index in [1.54, 1.807) is 66.7 Å². The van der Waals surface area contributed by atoms with Gasteiger partial charge in [0.1, 0.15) is 31.0 Å². The molecule has 0 bridgehead atoms. The molecule has 4 rings (SSSR count). The fourth-order valence-electron chi connectivity index (χ4n) is 5.51. The van der Waals surface area contributed by atoms with Crippen LogP contribution < -0.4 is 21.5 Å². The summed E-state index contributed by atoms with van der Waals surface area (Å²) in [6, 6.07) is 22.1. The van der Waals surface area contributed by atoms with Gasteiger partial charge in [0.2, 0.25) is 17.8 Å². The molecule has 0 unspecified atom stereocenters. The smallest absolute Gasteiger partial charge is 0.408 e. The highest BCUT2D eigenvalue weighted by molar-refractivity contribution is 5.95. The van der Waals surface area contributed by atoms with Crippen molar-refractivity contribution < 1.29 is 38.6 Å². The van der Waals surface area contributed by atoms with Gasteiger partial charge in [0.25, 0.3) is 5.91 Å². The van der Waals surface area contributed by atoms with Crippen LogP contribution in [0.25, 0.3) is 0 Å². The molecule has 2 atom stereocenters. The zero-order valence-corrected chi connectivity index (χ0v) is 28.9. The average molecular weight is 724 g/mol. The fraction of sp³-hybridized carbons (Fsp3) is 0.314. The van der Waals surface area contributed by atoms with Crippen molar-refractivity contribution in [1.82, 2.24) is 20.1 Å². The van der Waals surface area contributed by atoms with Crippen molar-refractivity contribution in [2.75, 3.05) is 33.3 Å². The minimum Gasteiger partial charge on any atom is -0.497 e. The number of methoxy groups -OCH3 is 1. The van der Waals surface area contributed by atoms with Crippen LogP contribution in [-0.2, 0) is 32.1 Å². The number of halogens is 1. The van der Waals surface area contributed by atoms with E-state index in [4.69, 9.17) is 20.9 Å². The summed E-state index contributed by atoms with van der Waals surface area (Å²) < 4.78 is 10.6. The van der Waals surface area contributed by atoms with E-state index in [2.05, 4.69) is 10.4 Å². The third-order valence-corrected chi connectivity index (χ3v) is 7.93. The average Bonchev–Trinajstić information content (AvgIpc) is 3.11. The van der Waals surface area contributed by atoms with E-state index in [0.717, 1.165) is 10.6 Å². The van der Waals surface area contributed by atoms with E-state index in [1.807, 2.05) is 18.2 Å². The topological polar surface area (TPSA) is 210 Å². The molecule has 4 amide bonds. The summed E-state index contributed by atoms with van der Waals surface area (Å²) in [6.07, 6.45) is -0.581. The molecule has 0 aromatic heterocycles. The number of alkyl carbamates (subject to hydrolysis) is 1. The molecule has 1 fully saturated rings. The second-order valence-electron chi connectivity index (χ2n) is 11.5. The molecule has 1 saturated heterocycles. The lowest BCUT2D eigenvalue weighted by molar-refractivity contribution is -0.156. The number of piperazine rings is 1. The third kappa shape index (κ3) is 11.6. The summed E-state index contributed by atoms with van der Waals surface area (Å²) in [7, 11) is 1.53. The van der Waals surface area contributed by atoms with Crippen molar-refractivity contribution >= 4 is 48.2 Å². The van der Waals surface area contributed by atoms with Gasteiger partial charge in [-0.05, 0) is 48.2 Å². The van der Waals surface area contributed by atoms with Gasteiger partial charge in [0.15, 0.2) is 0 Å². The van der Waals surface area contributed by atoms with Gasteiger partial charge >= 0.3 is 12.1 Å². The maximum Gasteiger partial charge on any atom is 0.408 e. The Bertz CT molecular complexity index is 1660. The minimum absolute atomic E-state index is 0. The molecule has 1 aliphatic rings. The summed E-state index contributed by atoms with van der Waals surface area (Å²) >= 11 is 0. The van der Waals surface area contributed by atoms with Gasteiger partial charge in [-0.25, -0.2) is 9.80 Å². The Hall–Kier alpha value is -5.83. The standard InChI is InChI=1S/C35H41N7O8.ClH/c1-49-27-16-14-24(15-17-27)21-28(38-35(48)50-23-25-9-4-2-5-10-25)32(46)41-20-19-40(22-30(43)44)33(47)29(41)13-8-18-42(39-34(36)37)31(45)26-11-6-3-7-12-26;/h2-7,9-12,14-17,28-29H,8,13,18-23H2,1H3,(H,38,48)(H,43,44)(H4,36,37,39);1H/t28-,29-;/m0./s1. The van der Waals surface area contributed by atoms with Crippen LogP contribution in [0.5, 0.6) is 5.75 Å². The van der Waals surface area contributed by atoms with Crippen LogP contribution in [0.4, 0.5) is 4.79 Å². The lowest BCUT2D eigenvalue weighted by atomic mass is 10.00. The predicted molar refractivity (Wildman–Crippen MR) is 190 cm³/mol. The summed E-state index contributed by atoms with van der Waals surface area (Å²) in [5.74, 6) is -2.57. The van der Waals surface area contributed by atoms with Crippen molar-refractivity contribution in [2.45, 2.75) is 38.0 Å². The van der Waals surface area contributed by atoms with E-state index >= 15 is 0 Å². The molecule has 51 heavy (non-hydrogen) atoms. The van der Waals surface area contributed by atoms with Crippen molar-refractivity contribution in [1.29, 1.82) is 0 Å². The molecule has 272 valence electrons. The summed E-state index contributed by atoms with van der Waals surface area (Å²) in [4.78, 5) is 68.2. The molecule has 0 saturated carbocycles. The zero-order valence-electron chi connectivity index (χ0n) is 28.1. The number of carbonyl (C=O) groups is 5. The Labute approximate surface area is 301 Å². The van der Waals surface area contributed by atoms with Crippen molar-refractivity contribution in [3.8, 4) is 5.75 Å². The summed E-state index contributed by atoms with van der Waals surface area (Å²) in [5, 5.41) is 17.1. The largest absolute Gasteiger partial charge is 0.497 e. The SMILES string of the molecule is COc1ccc(C[C@H](NC(=O)OCc2ccccc2)C(=O)N2CCN(CC(=O)O)C(=O)[C@@H]2CCCN(N=C(N)N)C(=O)c2ccccc2)cc1.Cl. The minimum atomic E-state index is -1.20. The van der Waals surface area contributed by atoms with Crippen LogP contribution in [0.1, 0.15) is 34.3 Å². The first-order valence-electron chi connectivity index (χ1n) is 15.9. The van der Waals surface area contributed by atoms with Gasteiger partial charge in [-0.2, -0.15) is 0 Å². The van der Waals surface area contributed by atoms with Gasteiger partial charge in [0.05, 0.1) is 7.11 Å². The van der Waals surface area contributed by atoms with Crippen molar-refractivity contribution in [3.05, 3.63) is 102 Å². The molecule has 6 N–H and O–H groups in total. The molecule has 0 aliphatic carbocycles. The highest BCUT2D eigenvalue weighted by Crippen LogP contribution is 2.21. The molecule has 3 aromatic carbocycles. The molecule has 0 spiro atoms. The van der Waals surface area contributed by atoms with Crippen LogP contribution in [0.15, 0.2) is 90.0 Å². The van der Waals surface area contributed by atoms with Crippen molar-refractivity contribution in [2.24, 2.45) is 16.6 Å². The van der Waals surface area contributed by atoms with Crippen LogP contribution in [0.3, 0.4) is 0 Å². The number of hydrogen-bond acceptors (Lipinski definition) is 8. The summed E-state index contributed by atoms with van der Waals surface area (Å²) in [6.45, 7) is -0.630. The number of guanidine groups is 1. The Kier molecular flexibility index (Phi) is 15.1. The molecule has 3 aromatic rings. The maximum atomic E-state index is 14.3. The molecule has 1 aliphatic heterocycles. The van der Waals surface area contributed by atoms with Crippen LogP contribution in [-0.4, -0.2) is 101 Å². The molecule has 0 radical (unpaired) electrons. The first kappa shape index (κ1) is 39.6. The van der Waals surface area contributed by atoms with Gasteiger partial charge in [-0.1, -0.05) is 60.7 Å². The number of carboxylic acids is 1. The first-order valence-corrected chi connectivity index (χ1v) is 15.9. The lowest BCUT2D eigenvalue weighted by Crippen LogP contribution is -2.63. The van der Waals surface area contributed by atoms with Crippen LogP contribution in [0, 0.1) is 0 Å². The quantitative estimate of drug-likeness (QED) is 0.102. The molecular weight excluding hydrogens is 682 g/mol. The number of amides is 4. The number of carbonyl (C=O) groups excluding carboxylic acids is 4. The van der Waals surface area contributed by atoms with E-state index in [9.17, 15) is 29.1 Å². The lowest BCUT2D eigenvalue weighted by Gasteiger charge is -2.41. The van der Waals surface area contributed by atoms with E-state index < -0.39 is 48.4 Å². The number of aliphatic carboxylic acids is 1. The summed E-state index contributed by atoms with van der Waals surface area (Å²) in [5.41, 5.74) is 13.0. The predicted octanol–water partition coefficient (Wildman–Crippen LogP) is 2.19. The second kappa shape index (κ2) is 19.4. The Morgan fingerprint density at radius 3 is 2.22 bits per heavy atom. The first-order chi connectivity index (χ1) is 24.0. The number of nitrogens with zero attached hydrogens (tertiary/aromatic N) is 4. The number of ether oxygens (including phenoxy) is 2. The van der Waals surface area contributed by atoms with Gasteiger partial charge in [-0.3, -0.25) is 19.2 Å². The van der Waals surface area contributed by atoms with Crippen LogP contribution >= 0.6 is 12.4 Å². The molecule has 16 heteroatoms. The van der Waals surface area contributed by atoms with Gasteiger partial charge in [-0.15, -0.1) is 17.5 Å². The Balaban J connectivity index is 0.00000702. The van der Waals surface area contributed by atoms with E-state index in [0.29, 0.717) is 16.9 Å². The van der Waals surface area contributed by atoms with E-state index in [1.165, 1.54) is 16.9 Å². The number of hydrazone groups is 1. The van der Waals surface area contributed by atoms with Gasteiger partial charge < -0.3 is 41.2 Å². The van der Waals surface area contributed by atoms with Crippen LogP contribution in [0.2, 0.25) is 0 Å². The zero-order chi connectivity index (χ0) is 36.0. The molecule has 1 heterocycles. The molecule has 15 nitrogen and oxygen atoms in total. The number of benzene rings is 3. The Morgan fingerprint density at radius 2 is 1.61 bits per heavy atom. The molecular formula is C35H42ClN7O8. The van der Waals surface area contributed by atoms with Gasteiger partial charge in [0, 0.05) is 31.6 Å². The number of nitrogens with two attached hydrogens (primary N) is 2.